The third-order valence-corrected chi connectivity index (χ3v) is 3.54. The van der Waals surface area contributed by atoms with E-state index < -0.39 is 0 Å². The zero-order valence-electron chi connectivity index (χ0n) is 11.6. The first kappa shape index (κ1) is 13.9. The second kappa shape index (κ2) is 6.57. The summed E-state index contributed by atoms with van der Waals surface area (Å²) in [6, 6.07) is 9.96. The molecule has 0 radical (unpaired) electrons. The van der Waals surface area contributed by atoms with Crippen molar-refractivity contribution >= 4 is 6.09 Å². The van der Waals surface area contributed by atoms with E-state index >= 15 is 0 Å². The number of para-hydroxylation sites is 1. The van der Waals surface area contributed by atoms with E-state index in [1.54, 1.807) is 12.1 Å². The van der Waals surface area contributed by atoms with Gasteiger partial charge >= 0.3 is 6.09 Å². The Morgan fingerprint density at radius 1 is 1.26 bits per heavy atom. The molecule has 0 bridgehead atoms. The number of ether oxygens (including phenoxy) is 1. The molecule has 0 saturated carbocycles. The number of likely N-dealkylation sites (tertiary alicyclic amines) is 1. The average molecular weight is 262 g/mol. The Balaban J connectivity index is 1.75. The lowest BCUT2D eigenvalue weighted by Crippen LogP contribution is -2.47. The monoisotopic (exact) mass is 262 g/mol. The maximum Gasteiger partial charge on any atom is 0.412 e. The first-order valence-corrected chi connectivity index (χ1v) is 6.92. The van der Waals surface area contributed by atoms with Crippen molar-refractivity contribution in [1.29, 1.82) is 0 Å². The highest BCUT2D eigenvalue weighted by molar-refractivity contribution is 5.70. The summed E-state index contributed by atoms with van der Waals surface area (Å²) in [6.07, 6.45) is 1.62. The summed E-state index contributed by atoms with van der Waals surface area (Å²) in [4.78, 5) is 14.2. The van der Waals surface area contributed by atoms with Gasteiger partial charge in [-0.15, -0.1) is 0 Å². The van der Waals surface area contributed by atoms with E-state index in [9.17, 15) is 4.79 Å². The maximum atomic E-state index is 11.7. The van der Waals surface area contributed by atoms with Gasteiger partial charge < -0.3 is 15.0 Å². The minimum atomic E-state index is -0.353. The number of amides is 1. The normalized spacial score (nSPS) is 17.4. The number of rotatable bonds is 3. The van der Waals surface area contributed by atoms with Gasteiger partial charge in [-0.3, -0.25) is 0 Å². The topological polar surface area (TPSA) is 41.6 Å². The van der Waals surface area contributed by atoms with Crippen LogP contribution in [0.15, 0.2) is 30.3 Å². The van der Waals surface area contributed by atoms with Crippen LogP contribution in [0, 0.1) is 0 Å². The molecular formula is C15H22N2O2. The van der Waals surface area contributed by atoms with Crippen LogP contribution in [0.25, 0.3) is 0 Å². The largest absolute Gasteiger partial charge is 0.412 e. The zero-order chi connectivity index (χ0) is 13.7. The highest BCUT2D eigenvalue weighted by Gasteiger charge is 2.22. The summed E-state index contributed by atoms with van der Waals surface area (Å²) in [5.41, 5.74) is 0. The molecule has 19 heavy (non-hydrogen) atoms. The number of hydrogen-bond acceptors (Lipinski definition) is 3. The molecule has 0 aromatic heterocycles. The molecule has 4 heteroatoms. The molecule has 1 fully saturated rings. The van der Waals surface area contributed by atoms with Crippen LogP contribution in [0.2, 0.25) is 0 Å². The van der Waals surface area contributed by atoms with Gasteiger partial charge in [-0.25, -0.2) is 4.79 Å². The third-order valence-electron chi connectivity index (χ3n) is 3.54. The molecule has 1 aliphatic rings. The molecule has 1 amide bonds. The number of nitrogens with one attached hydrogen (secondary N) is 1. The standard InChI is InChI=1S/C15H22N2O2/c1-12(2)17-10-8-13(9-11-17)16-15(18)19-14-6-4-3-5-7-14/h3-7,12-13H,8-11H2,1-2H3,(H,16,18). The summed E-state index contributed by atoms with van der Waals surface area (Å²) >= 11 is 0. The smallest absolute Gasteiger partial charge is 0.410 e. The van der Waals surface area contributed by atoms with Crippen LogP contribution < -0.4 is 10.1 Å². The second-order valence-electron chi connectivity index (χ2n) is 5.25. The molecular weight excluding hydrogens is 240 g/mol. The molecule has 0 unspecified atom stereocenters. The Labute approximate surface area is 114 Å². The minimum Gasteiger partial charge on any atom is -0.410 e. The number of piperidine rings is 1. The van der Waals surface area contributed by atoms with Gasteiger partial charge in [0.1, 0.15) is 5.75 Å². The van der Waals surface area contributed by atoms with Gasteiger partial charge in [0.05, 0.1) is 0 Å². The molecule has 0 atom stereocenters. The summed E-state index contributed by atoms with van der Waals surface area (Å²) in [7, 11) is 0. The van der Waals surface area contributed by atoms with Crippen molar-refractivity contribution in [1.82, 2.24) is 10.2 Å². The van der Waals surface area contributed by atoms with Gasteiger partial charge in [-0.1, -0.05) is 18.2 Å². The molecule has 1 aromatic rings. The Morgan fingerprint density at radius 2 is 1.89 bits per heavy atom. The molecule has 1 aromatic carbocycles. The molecule has 1 aliphatic heterocycles. The van der Waals surface area contributed by atoms with E-state index in [2.05, 4.69) is 24.1 Å². The number of hydrogen-bond donors (Lipinski definition) is 1. The maximum absolute atomic E-state index is 11.7. The van der Waals surface area contributed by atoms with Crippen LogP contribution in [0.4, 0.5) is 4.79 Å². The van der Waals surface area contributed by atoms with Crippen LogP contribution in [0.3, 0.4) is 0 Å². The van der Waals surface area contributed by atoms with Crippen LogP contribution in [0.1, 0.15) is 26.7 Å². The van der Waals surface area contributed by atoms with E-state index in [4.69, 9.17) is 4.74 Å². The van der Waals surface area contributed by atoms with E-state index in [0.29, 0.717) is 11.8 Å². The molecule has 1 heterocycles. The molecule has 0 aliphatic carbocycles. The predicted octanol–water partition coefficient (Wildman–Crippen LogP) is 2.65. The van der Waals surface area contributed by atoms with E-state index in [1.165, 1.54) is 0 Å². The zero-order valence-corrected chi connectivity index (χ0v) is 11.6. The predicted molar refractivity (Wildman–Crippen MR) is 75.3 cm³/mol. The molecule has 1 saturated heterocycles. The van der Waals surface area contributed by atoms with Crippen LogP contribution in [-0.4, -0.2) is 36.2 Å². The highest BCUT2D eigenvalue weighted by atomic mass is 16.6. The lowest BCUT2D eigenvalue weighted by atomic mass is 10.0. The fourth-order valence-electron chi connectivity index (χ4n) is 2.35. The number of nitrogens with zero attached hydrogens (tertiary/aromatic N) is 1. The lowest BCUT2D eigenvalue weighted by Gasteiger charge is -2.34. The third kappa shape index (κ3) is 4.24. The van der Waals surface area contributed by atoms with Crippen molar-refractivity contribution < 1.29 is 9.53 Å². The van der Waals surface area contributed by atoms with E-state index in [0.717, 1.165) is 25.9 Å². The van der Waals surface area contributed by atoms with E-state index in [-0.39, 0.29) is 12.1 Å². The fourth-order valence-corrected chi connectivity index (χ4v) is 2.35. The summed E-state index contributed by atoms with van der Waals surface area (Å²) in [6.45, 7) is 6.48. The average Bonchev–Trinajstić information content (AvgIpc) is 2.40. The van der Waals surface area contributed by atoms with Gasteiger partial charge in [0.25, 0.3) is 0 Å². The van der Waals surface area contributed by atoms with E-state index in [1.807, 2.05) is 18.2 Å². The quantitative estimate of drug-likeness (QED) is 0.910. The molecule has 2 rings (SSSR count). The summed E-state index contributed by atoms with van der Waals surface area (Å²) in [5, 5.41) is 2.94. The van der Waals surface area contributed by atoms with Gasteiger partial charge in [-0.2, -0.15) is 0 Å². The molecule has 1 N–H and O–H groups in total. The number of benzene rings is 1. The van der Waals surface area contributed by atoms with Crippen molar-refractivity contribution in [3.63, 3.8) is 0 Å². The Hall–Kier alpha value is -1.55. The first-order chi connectivity index (χ1) is 9.15. The Kier molecular flexibility index (Phi) is 4.80. The van der Waals surface area contributed by atoms with Crippen molar-refractivity contribution in [2.45, 2.75) is 38.8 Å². The molecule has 4 nitrogen and oxygen atoms in total. The first-order valence-electron chi connectivity index (χ1n) is 6.92. The molecule has 104 valence electrons. The van der Waals surface area contributed by atoms with Gasteiger partial charge in [0.2, 0.25) is 0 Å². The molecule has 0 spiro atoms. The number of carbonyl (C=O) groups excluding carboxylic acids is 1. The van der Waals surface area contributed by atoms with Gasteiger partial charge in [0, 0.05) is 25.2 Å². The highest BCUT2D eigenvalue weighted by Crippen LogP contribution is 2.14. The van der Waals surface area contributed by atoms with Crippen LogP contribution >= 0.6 is 0 Å². The number of carbonyl (C=O) groups is 1. The van der Waals surface area contributed by atoms with Crippen molar-refractivity contribution in [2.75, 3.05) is 13.1 Å². The summed E-state index contributed by atoms with van der Waals surface area (Å²) < 4.78 is 5.23. The lowest BCUT2D eigenvalue weighted by molar-refractivity contribution is 0.152. The SMILES string of the molecule is CC(C)N1CCC(NC(=O)Oc2ccccc2)CC1. The summed E-state index contributed by atoms with van der Waals surface area (Å²) in [5.74, 6) is 0.583. The van der Waals surface area contributed by atoms with Crippen molar-refractivity contribution in [2.24, 2.45) is 0 Å². The Bertz CT molecular complexity index is 398. The van der Waals surface area contributed by atoms with Crippen molar-refractivity contribution in [3.8, 4) is 5.75 Å². The van der Waals surface area contributed by atoms with Gasteiger partial charge in [0.15, 0.2) is 0 Å². The minimum absolute atomic E-state index is 0.228. The van der Waals surface area contributed by atoms with Crippen LogP contribution in [-0.2, 0) is 0 Å². The Morgan fingerprint density at radius 3 is 2.47 bits per heavy atom. The van der Waals surface area contributed by atoms with Gasteiger partial charge in [-0.05, 0) is 38.8 Å². The van der Waals surface area contributed by atoms with Crippen LogP contribution in [0.5, 0.6) is 5.75 Å². The fraction of sp³-hybridized carbons (Fsp3) is 0.533. The van der Waals surface area contributed by atoms with Crippen molar-refractivity contribution in [3.05, 3.63) is 30.3 Å². The second-order valence-corrected chi connectivity index (χ2v) is 5.25.